The first-order valence-electron chi connectivity index (χ1n) is 16.3. The number of rotatable bonds is 10. The molecule has 1 heterocycles. The highest BCUT2D eigenvalue weighted by atomic mass is 32.2. The van der Waals surface area contributed by atoms with Crippen LogP contribution >= 0.6 is 11.8 Å². The Hall–Kier alpha value is -2.81. The lowest BCUT2D eigenvalue weighted by molar-refractivity contribution is -0.131. The van der Waals surface area contributed by atoms with Crippen LogP contribution in [0.1, 0.15) is 108 Å². The van der Waals surface area contributed by atoms with Crippen molar-refractivity contribution in [2.24, 2.45) is 16.3 Å². The van der Waals surface area contributed by atoms with Gasteiger partial charge in [-0.3, -0.25) is 9.89 Å². The molecule has 2 rings (SSSR count). The third kappa shape index (κ3) is 18.4. The summed E-state index contributed by atoms with van der Waals surface area (Å²) in [4.78, 5) is 30.6. The Balaban J connectivity index is 0. The third-order valence-corrected chi connectivity index (χ3v) is 8.88. The van der Waals surface area contributed by atoms with Crippen LogP contribution in [0, 0.1) is 23.2 Å². The lowest BCUT2D eigenvalue weighted by Crippen LogP contribution is -2.47. The Morgan fingerprint density at radius 2 is 1.54 bits per heavy atom. The van der Waals surface area contributed by atoms with Crippen LogP contribution in [0.15, 0.2) is 51.3 Å². The van der Waals surface area contributed by atoms with E-state index >= 15 is 0 Å². The van der Waals surface area contributed by atoms with Gasteiger partial charge in [0.1, 0.15) is 11.0 Å². The molecule has 262 valence electrons. The number of hydrogen-bond acceptors (Lipinski definition) is 7. The first kappa shape index (κ1) is 45.3. The minimum Gasteiger partial charge on any atom is -0.477 e. The number of sulfonamides is 1. The predicted octanol–water partition coefficient (Wildman–Crippen LogP) is 8.83. The Labute approximate surface area is 284 Å². The first-order valence-corrected chi connectivity index (χ1v) is 18.7. The second-order valence-electron chi connectivity index (χ2n) is 11.0. The van der Waals surface area contributed by atoms with Crippen molar-refractivity contribution in [1.29, 1.82) is 0 Å². The molecule has 1 N–H and O–H groups in total. The van der Waals surface area contributed by atoms with E-state index in [0.717, 1.165) is 42.9 Å². The summed E-state index contributed by atoms with van der Waals surface area (Å²) in [6, 6.07) is -0.445. The van der Waals surface area contributed by atoms with E-state index in [2.05, 4.69) is 37.1 Å². The van der Waals surface area contributed by atoms with E-state index in [-0.39, 0.29) is 29.5 Å². The highest BCUT2D eigenvalue weighted by Crippen LogP contribution is 2.30. The van der Waals surface area contributed by atoms with Gasteiger partial charge >= 0.3 is 12.1 Å². The van der Waals surface area contributed by atoms with Crippen molar-refractivity contribution in [1.82, 2.24) is 9.21 Å². The molecule has 1 saturated heterocycles. The predicted molar refractivity (Wildman–Crippen MR) is 195 cm³/mol. The molecule has 0 unspecified atom stereocenters. The Bertz CT molecular complexity index is 1190. The van der Waals surface area contributed by atoms with Gasteiger partial charge in [0.15, 0.2) is 0 Å². The average Bonchev–Trinajstić information content (AvgIpc) is 3.04. The number of nitrogens with zero attached hydrogens (tertiary/aromatic N) is 3. The summed E-state index contributed by atoms with van der Waals surface area (Å²) in [5, 5.41) is 11.0. The zero-order valence-corrected chi connectivity index (χ0v) is 31.5. The second-order valence-corrected chi connectivity index (χ2v) is 14.0. The fourth-order valence-corrected chi connectivity index (χ4v) is 6.04. The van der Waals surface area contributed by atoms with Gasteiger partial charge in [0.05, 0.1) is 4.91 Å². The quantitative estimate of drug-likeness (QED) is 0.106. The number of allylic oxidation sites excluding steroid dienone is 3. The molecular formula is C35H59N3O6S2. The van der Waals surface area contributed by atoms with Crippen molar-refractivity contribution in [2.75, 3.05) is 13.1 Å². The number of thioether (sulfide) groups is 1. The van der Waals surface area contributed by atoms with Crippen LogP contribution < -0.4 is 0 Å². The van der Waals surface area contributed by atoms with Crippen molar-refractivity contribution in [3.63, 3.8) is 0 Å². The number of ether oxygens (including phenoxy) is 1. The van der Waals surface area contributed by atoms with Crippen molar-refractivity contribution in [3.8, 4) is 11.8 Å². The molecule has 2 fully saturated rings. The summed E-state index contributed by atoms with van der Waals surface area (Å²) in [5.74, 6) is 5.27. The first-order chi connectivity index (χ1) is 21.7. The highest BCUT2D eigenvalue weighted by Gasteiger charge is 2.34. The molecule has 0 aromatic rings. The molecule has 1 aliphatic carbocycles. The van der Waals surface area contributed by atoms with Crippen molar-refractivity contribution in [3.05, 3.63) is 46.3 Å². The fourth-order valence-electron chi connectivity index (χ4n) is 4.24. The number of amides is 1. The van der Waals surface area contributed by atoms with Gasteiger partial charge in [-0.1, -0.05) is 78.6 Å². The maximum Gasteiger partial charge on any atom is 0.414 e. The van der Waals surface area contributed by atoms with Crippen LogP contribution in [0.3, 0.4) is 0 Å². The molecule has 0 spiro atoms. The molecule has 0 radical (unpaired) electrons. The zero-order chi connectivity index (χ0) is 35.9. The molecule has 1 amide bonds. The van der Waals surface area contributed by atoms with Gasteiger partial charge in [0.2, 0.25) is 10.0 Å². The molecule has 0 aromatic carbocycles. The topological polar surface area (TPSA) is 117 Å². The number of carbonyl (C=O) groups excluding carboxylic acids is 1. The molecule has 0 aromatic heterocycles. The van der Waals surface area contributed by atoms with Crippen LogP contribution in [-0.4, -0.2) is 66.7 Å². The van der Waals surface area contributed by atoms with E-state index in [1.165, 1.54) is 33.8 Å². The Morgan fingerprint density at radius 3 is 2.02 bits per heavy atom. The highest BCUT2D eigenvalue weighted by molar-refractivity contribution is 8.07. The lowest BCUT2D eigenvalue weighted by Gasteiger charge is -2.36. The maximum atomic E-state index is 13.4. The van der Waals surface area contributed by atoms with Crippen LogP contribution in [0.2, 0.25) is 0 Å². The van der Waals surface area contributed by atoms with Gasteiger partial charge in [-0.05, 0) is 84.1 Å². The summed E-state index contributed by atoms with van der Waals surface area (Å²) in [6.45, 7) is 27.5. The van der Waals surface area contributed by atoms with Gasteiger partial charge in [-0.25, -0.2) is 18.0 Å². The molecule has 2 aliphatic rings. The van der Waals surface area contributed by atoms with Crippen molar-refractivity contribution >= 4 is 40.6 Å². The number of piperidine rings is 1. The summed E-state index contributed by atoms with van der Waals surface area (Å²) >= 11 is 0.877. The molecule has 11 heteroatoms. The van der Waals surface area contributed by atoms with Gasteiger partial charge < -0.3 is 9.84 Å². The van der Waals surface area contributed by atoms with Crippen LogP contribution in [0.4, 0.5) is 4.79 Å². The molecule has 9 nitrogen and oxygen atoms in total. The van der Waals surface area contributed by atoms with E-state index in [9.17, 15) is 23.1 Å². The van der Waals surface area contributed by atoms with Crippen molar-refractivity contribution in [2.45, 2.75) is 120 Å². The number of carboxylic acid groups (broad SMARTS) is 1. The van der Waals surface area contributed by atoms with Crippen LogP contribution in [0.25, 0.3) is 0 Å². The molecule has 0 atom stereocenters. The van der Waals surface area contributed by atoms with E-state index in [4.69, 9.17) is 4.74 Å². The largest absolute Gasteiger partial charge is 0.477 e. The summed E-state index contributed by atoms with van der Waals surface area (Å²) in [5.41, 5.74) is -0.285. The van der Waals surface area contributed by atoms with E-state index < -0.39 is 28.1 Å². The SMILES string of the molecule is C=N/C=C\C=C\S(=O)(=O)N1CCC(N(/C=C(/SC(=C)C#CC(C)(C)C)C(=O)O)C(=O)OC2CCC(C)CC2)CC1.CC.CC.CC. The normalized spacial score (nSPS) is 19.1. The summed E-state index contributed by atoms with van der Waals surface area (Å²) in [6.07, 6.45) is 8.68. The number of hydrogen-bond donors (Lipinski definition) is 1. The van der Waals surface area contributed by atoms with Crippen LogP contribution in [-0.2, 0) is 19.6 Å². The molecule has 1 saturated carbocycles. The standard InChI is InChI=1S/C29H41N3O6S2.3C2H6/c1-22-9-11-25(12-10-22)38-28(35)32(21-26(27(33)34)39-23(2)13-16-29(3,4)5)24-14-18-31(19-15-24)40(36,37)20-8-7-17-30-6;3*1-2/h7-8,17,20-22,24-25H,2,6,9-12,14-15,18-19H2,1,3-5H3,(H,33,34);3*1-2H3/b17-7-,20-8+,26-21+;;;. The smallest absolute Gasteiger partial charge is 0.414 e. The van der Waals surface area contributed by atoms with Crippen molar-refractivity contribution < 1.29 is 27.9 Å². The van der Waals surface area contributed by atoms with Gasteiger partial charge in [0.25, 0.3) is 0 Å². The fraction of sp³-hybridized carbons (Fsp3) is 0.629. The van der Waals surface area contributed by atoms with Crippen LogP contribution in [0.5, 0.6) is 0 Å². The van der Waals surface area contributed by atoms with Gasteiger partial charge in [-0.2, -0.15) is 4.31 Å². The number of carboxylic acids is 1. The Kier molecular flexibility index (Phi) is 24.0. The summed E-state index contributed by atoms with van der Waals surface area (Å²) < 4.78 is 32.6. The lowest BCUT2D eigenvalue weighted by atomic mass is 9.89. The monoisotopic (exact) mass is 681 g/mol. The van der Waals surface area contributed by atoms with Gasteiger partial charge in [0, 0.05) is 42.4 Å². The number of aliphatic imine (C=N–C) groups is 1. The second kappa shape index (κ2) is 24.4. The maximum absolute atomic E-state index is 13.4. The molecule has 1 aliphatic heterocycles. The minimum absolute atomic E-state index is 0.122. The minimum atomic E-state index is -3.67. The summed E-state index contributed by atoms with van der Waals surface area (Å²) in [7, 11) is -3.67. The molecular weight excluding hydrogens is 623 g/mol. The van der Waals surface area contributed by atoms with Gasteiger partial charge in [-0.15, -0.1) is 0 Å². The number of aliphatic carboxylic acids is 1. The van der Waals surface area contributed by atoms with E-state index in [0.29, 0.717) is 23.7 Å². The van der Waals surface area contributed by atoms with E-state index in [1.54, 1.807) is 0 Å². The number of carbonyl (C=O) groups is 2. The molecule has 0 bridgehead atoms. The third-order valence-electron chi connectivity index (χ3n) is 6.45. The zero-order valence-electron chi connectivity index (χ0n) is 29.8. The average molecular weight is 682 g/mol. The Morgan fingerprint density at radius 1 is 1.00 bits per heavy atom. The van der Waals surface area contributed by atoms with E-state index in [1.807, 2.05) is 62.3 Å². The molecule has 46 heavy (non-hydrogen) atoms.